The molecule has 28 heavy (non-hydrogen) atoms. The van der Waals surface area contributed by atoms with Crippen molar-refractivity contribution in [2.75, 3.05) is 19.6 Å². The number of hydrogen-bond donors (Lipinski definition) is 2. The second-order valence-corrected chi connectivity index (χ2v) is 8.03. The van der Waals surface area contributed by atoms with Gasteiger partial charge in [-0.15, -0.1) is 0 Å². The third-order valence-electron chi connectivity index (χ3n) is 5.72. The fourth-order valence-electron chi connectivity index (χ4n) is 4.27. The van der Waals surface area contributed by atoms with E-state index in [9.17, 15) is 4.79 Å². The lowest BCUT2D eigenvalue weighted by Gasteiger charge is -2.26. The van der Waals surface area contributed by atoms with Crippen molar-refractivity contribution in [2.24, 2.45) is 0 Å². The quantitative estimate of drug-likeness (QED) is 0.659. The van der Waals surface area contributed by atoms with Gasteiger partial charge in [0.25, 0.3) is 0 Å². The Labute approximate surface area is 171 Å². The average Bonchev–Trinajstić information content (AvgIpc) is 3.25. The molecule has 1 aliphatic rings. The summed E-state index contributed by atoms with van der Waals surface area (Å²) in [5.41, 5.74) is 2.32. The SMILES string of the molecule is O=C(Cc1ccc(Cl)cc1)NC[C@@H](c1cccc2ccccc12)[NH+]1CCCC1. The van der Waals surface area contributed by atoms with Gasteiger partial charge in [0, 0.05) is 23.4 Å². The third kappa shape index (κ3) is 4.37. The second kappa shape index (κ2) is 8.76. The molecule has 2 N–H and O–H groups in total. The maximum atomic E-state index is 12.6. The summed E-state index contributed by atoms with van der Waals surface area (Å²) >= 11 is 5.94. The first kappa shape index (κ1) is 19.0. The molecule has 0 spiro atoms. The molecular weight excluding hydrogens is 368 g/mol. The smallest absolute Gasteiger partial charge is 0.224 e. The lowest BCUT2D eigenvalue weighted by atomic mass is 9.97. The molecule has 144 valence electrons. The van der Waals surface area contributed by atoms with Gasteiger partial charge in [-0.25, -0.2) is 0 Å². The van der Waals surface area contributed by atoms with Crippen molar-refractivity contribution < 1.29 is 9.69 Å². The molecular formula is C24H26ClN2O+. The Kier molecular flexibility index (Phi) is 5.94. The minimum absolute atomic E-state index is 0.0613. The summed E-state index contributed by atoms with van der Waals surface area (Å²) in [6.45, 7) is 3.00. The number of likely N-dealkylation sites (tertiary alicyclic amines) is 1. The molecule has 4 heteroatoms. The van der Waals surface area contributed by atoms with Crippen LogP contribution in [-0.4, -0.2) is 25.5 Å². The number of carbonyl (C=O) groups is 1. The molecule has 1 heterocycles. The standard InChI is InChI=1S/C24H25ClN2O/c25-20-12-10-18(11-13-20)16-24(28)26-17-23(27-14-3-4-15-27)22-9-5-7-19-6-1-2-8-21(19)22/h1-2,5-13,23H,3-4,14-17H2,(H,26,28)/p+1/t23-/m0/s1. The molecule has 0 bridgehead atoms. The van der Waals surface area contributed by atoms with Gasteiger partial charge < -0.3 is 10.2 Å². The topological polar surface area (TPSA) is 33.5 Å². The van der Waals surface area contributed by atoms with E-state index in [2.05, 4.69) is 47.8 Å². The van der Waals surface area contributed by atoms with Crippen molar-refractivity contribution in [3.63, 3.8) is 0 Å². The van der Waals surface area contributed by atoms with Crippen LogP contribution in [0, 0.1) is 0 Å². The average molecular weight is 394 g/mol. The number of nitrogens with one attached hydrogen (secondary N) is 2. The Bertz CT molecular complexity index is 943. The van der Waals surface area contributed by atoms with Crippen molar-refractivity contribution in [2.45, 2.75) is 25.3 Å². The van der Waals surface area contributed by atoms with Gasteiger partial charge in [-0.3, -0.25) is 4.79 Å². The first-order chi connectivity index (χ1) is 13.7. The number of fused-ring (bicyclic) bond motifs is 1. The summed E-state index contributed by atoms with van der Waals surface area (Å²) in [4.78, 5) is 14.1. The molecule has 0 aliphatic carbocycles. The zero-order valence-corrected chi connectivity index (χ0v) is 16.7. The summed E-state index contributed by atoms with van der Waals surface area (Å²) in [7, 11) is 0. The molecule has 1 fully saturated rings. The molecule has 0 saturated carbocycles. The van der Waals surface area contributed by atoms with Crippen LogP contribution in [0.15, 0.2) is 66.7 Å². The maximum absolute atomic E-state index is 12.6. The Morgan fingerprint density at radius 2 is 1.68 bits per heavy atom. The van der Waals surface area contributed by atoms with Crippen molar-refractivity contribution >= 4 is 28.3 Å². The summed E-state index contributed by atoms with van der Waals surface area (Å²) in [6, 6.07) is 22.8. The van der Waals surface area contributed by atoms with E-state index < -0.39 is 0 Å². The highest BCUT2D eigenvalue weighted by molar-refractivity contribution is 6.30. The number of amides is 1. The molecule has 3 aromatic carbocycles. The molecule has 1 saturated heterocycles. The van der Waals surface area contributed by atoms with Crippen molar-refractivity contribution in [3.05, 3.63) is 82.9 Å². The first-order valence-corrected chi connectivity index (χ1v) is 10.4. The van der Waals surface area contributed by atoms with Crippen LogP contribution >= 0.6 is 11.6 Å². The van der Waals surface area contributed by atoms with Crippen molar-refractivity contribution in [3.8, 4) is 0 Å². The van der Waals surface area contributed by atoms with E-state index in [0.29, 0.717) is 18.0 Å². The fourth-order valence-corrected chi connectivity index (χ4v) is 4.40. The van der Waals surface area contributed by atoms with Crippen LogP contribution in [0.2, 0.25) is 5.02 Å². The number of rotatable bonds is 6. The number of hydrogen-bond acceptors (Lipinski definition) is 1. The Morgan fingerprint density at radius 3 is 2.46 bits per heavy atom. The number of benzene rings is 3. The van der Waals surface area contributed by atoms with Gasteiger partial charge in [-0.2, -0.15) is 0 Å². The van der Waals surface area contributed by atoms with Crippen molar-refractivity contribution in [1.82, 2.24) is 5.32 Å². The first-order valence-electron chi connectivity index (χ1n) is 10.0. The summed E-state index contributed by atoms with van der Waals surface area (Å²) in [5, 5.41) is 6.44. The zero-order valence-electron chi connectivity index (χ0n) is 16.0. The van der Waals surface area contributed by atoms with Gasteiger partial charge in [0.2, 0.25) is 5.91 Å². The lowest BCUT2D eigenvalue weighted by molar-refractivity contribution is -0.918. The predicted octanol–water partition coefficient (Wildman–Crippen LogP) is 3.57. The maximum Gasteiger partial charge on any atom is 0.224 e. The van der Waals surface area contributed by atoms with Crippen LogP contribution in [0.4, 0.5) is 0 Å². The molecule has 0 aromatic heterocycles. The molecule has 1 aliphatic heterocycles. The van der Waals surface area contributed by atoms with Gasteiger partial charge >= 0.3 is 0 Å². The lowest BCUT2D eigenvalue weighted by Crippen LogP contribution is -3.11. The van der Waals surface area contributed by atoms with Gasteiger partial charge in [-0.1, -0.05) is 66.2 Å². The number of halogens is 1. The van der Waals surface area contributed by atoms with E-state index in [1.807, 2.05) is 24.3 Å². The highest BCUT2D eigenvalue weighted by Crippen LogP contribution is 2.23. The molecule has 0 radical (unpaired) electrons. The van der Waals surface area contributed by atoms with E-state index in [4.69, 9.17) is 11.6 Å². The minimum atomic E-state index is 0.0613. The number of carbonyl (C=O) groups excluding carboxylic acids is 1. The fraction of sp³-hybridized carbons (Fsp3) is 0.292. The normalized spacial score (nSPS) is 15.6. The van der Waals surface area contributed by atoms with Crippen molar-refractivity contribution in [1.29, 1.82) is 0 Å². The minimum Gasteiger partial charge on any atom is -0.349 e. The molecule has 1 atom stereocenters. The Balaban J connectivity index is 1.52. The van der Waals surface area contributed by atoms with Crippen LogP contribution in [-0.2, 0) is 11.2 Å². The van der Waals surface area contributed by atoms with Gasteiger partial charge in [-0.05, 0) is 28.5 Å². The second-order valence-electron chi connectivity index (χ2n) is 7.59. The zero-order chi connectivity index (χ0) is 19.3. The largest absolute Gasteiger partial charge is 0.349 e. The van der Waals surface area contributed by atoms with Crippen LogP contribution in [0.5, 0.6) is 0 Å². The molecule has 0 unspecified atom stereocenters. The van der Waals surface area contributed by atoms with E-state index in [1.165, 1.54) is 42.3 Å². The van der Waals surface area contributed by atoms with Gasteiger partial charge in [0.1, 0.15) is 6.04 Å². The third-order valence-corrected chi connectivity index (χ3v) is 5.97. The molecule has 1 amide bonds. The van der Waals surface area contributed by atoms with Crippen LogP contribution in [0.1, 0.15) is 30.0 Å². The van der Waals surface area contributed by atoms with Crippen LogP contribution in [0.25, 0.3) is 10.8 Å². The van der Waals surface area contributed by atoms with Gasteiger partial charge in [0.05, 0.1) is 26.1 Å². The molecule has 3 nitrogen and oxygen atoms in total. The molecule has 3 aromatic rings. The highest BCUT2D eigenvalue weighted by Gasteiger charge is 2.28. The summed E-state index contributed by atoms with van der Waals surface area (Å²) < 4.78 is 0. The highest BCUT2D eigenvalue weighted by atomic mass is 35.5. The Morgan fingerprint density at radius 1 is 0.964 bits per heavy atom. The van der Waals surface area contributed by atoms with E-state index in [0.717, 1.165) is 5.56 Å². The molecule has 4 rings (SSSR count). The Hall–Kier alpha value is -2.36. The monoisotopic (exact) mass is 393 g/mol. The summed E-state index contributed by atoms with van der Waals surface area (Å²) in [5.74, 6) is 0.0613. The predicted molar refractivity (Wildman–Crippen MR) is 115 cm³/mol. The van der Waals surface area contributed by atoms with E-state index >= 15 is 0 Å². The van der Waals surface area contributed by atoms with Crippen LogP contribution < -0.4 is 10.2 Å². The number of quaternary nitrogens is 1. The van der Waals surface area contributed by atoms with E-state index in [1.54, 1.807) is 4.90 Å². The van der Waals surface area contributed by atoms with E-state index in [-0.39, 0.29) is 11.9 Å². The summed E-state index contributed by atoms with van der Waals surface area (Å²) in [6.07, 6.45) is 2.90. The van der Waals surface area contributed by atoms with Crippen LogP contribution in [0.3, 0.4) is 0 Å². The van der Waals surface area contributed by atoms with Gasteiger partial charge in [0.15, 0.2) is 0 Å².